The molecule has 0 bridgehead atoms. The molecular weight excluding hydrogens is 453 g/mol. The number of hydrogen-bond acceptors (Lipinski definition) is 4. The zero-order chi connectivity index (χ0) is 21.0. The first kappa shape index (κ1) is 23.3. The molecule has 0 aliphatic heterocycles. The van der Waals surface area contributed by atoms with Gasteiger partial charge in [0, 0.05) is 0 Å². The Kier molecular flexibility index (Phi) is 7.37. The SMILES string of the molecule is CCOc1cc(/C=N\NC(F)(F)C(F)(F)C(F)(F)F)cc(Br)c1OC(C)C. The number of alkyl halides is 7. The second kappa shape index (κ2) is 8.53. The number of nitrogens with one attached hydrogen (secondary N) is 1. The fourth-order valence-electron chi connectivity index (χ4n) is 1.71. The van der Waals surface area contributed by atoms with Gasteiger partial charge in [-0.2, -0.15) is 35.8 Å². The first-order valence-electron chi connectivity index (χ1n) is 7.48. The van der Waals surface area contributed by atoms with E-state index >= 15 is 0 Å². The molecule has 0 radical (unpaired) electrons. The van der Waals surface area contributed by atoms with Crippen molar-refractivity contribution in [3.63, 3.8) is 0 Å². The molecule has 0 saturated heterocycles. The van der Waals surface area contributed by atoms with Crippen molar-refractivity contribution < 1.29 is 40.2 Å². The highest BCUT2D eigenvalue weighted by molar-refractivity contribution is 9.10. The summed E-state index contributed by atoms with van der Waals surface area (Å²) in [6, 6.07) is -2.99. The van der Waals surface area contributed by atoms with E-state index < -0.39 is 18.1 Å². The van der Waals surface area contributed by atoms with Crippen molar-refractivity contribution >= 4 is 22.1 Å². The molecule has 1 aromatic rings. The van der Waals surface area contributed by atoms with Crippen molar-refractivity contribution in [3.8, 4) is 11.5 Å². The summed E-state index contributed by atoms with van der Waals surface area (Å²) in [7, 11) is 0. The molecule has 0 unspecified atom stereocenters. The van der Waals surface area contributed by atoms with E-state index in [1.165, 1.54) is 12.1 Å². The molecule has 1 N–H and O–H groups in total. The maximum Gasteiger partial charge on any atom is 0.462 e. The Morgan fingerprint density at radius 2 is 1.74 bits per heavy atom. The van der Waals surface area contributed by atoms with Crippen LogP contribution < -0.4 is 14.9 Å². The number of halogens is 8. The summed E-state index contributed by atoms with van der Waals surface area (Å²) in [6.07, 6.45) is -6.02. The lowest BCUT2D eigenvalue weighted by atomic mass is 10.2. The molecule has 0 heterocycles. The van der Waals surface area contributed by atoms with Crippen LogP contribution in [0.25, 0.3) is 0 Å². The number of nitrogens with zero attached hydrogens (tertiary/aromatic N) is 1. The monoisotopic (exact) mass is 468 g/mol. The van der Waals surface area contributed by atoms with Crippen molar-refractivity contribution in [1.29, 1.82) is 0 Å². The number of hydrazone groups is 1. The Balaban J connectivity index is 3.08. The Bertz CT molecular complexity index is 679. The predicted molar refractivity (Wildman–Crippen MR) is 87.8 cm³/mol. The van der Waals surface area contributed by atoms with Crippen molar-refractivity contribution in [2.24, 2.45) is 5.10 Å². The molecule has 0 fully saturated rings. The molecule has 0 aliphatic rings. The molecule has 154 valence electrons. The zero-order valence-electron chi connectivity index (χ0n) is 14.3. The average Bonchev–Trinajstić information content (AvgIpc) is 2.49. The van der Waals surface area contributed by atoms with E-state index in [0.717, 1.165) is 0 Å². The summed E-state index contributed by atoms with van der Waals surface area (Å²) >= 11 is 3.18. The van der Waals surface area contributed by atoms with Gasteiger partial charge in [-0.05, 0) is 54.4 Å². The van der Waals surface area contributed by atoms with Gasteiger partial charge in [0.25, 0.3) is 0 Å². The lowest BCUT2D eigenvalue weighted by Crippen LogP contribution is -2.58. The number of ether oxygens (including phenoxy) is 2. The molecule has 0 spiro atoms. The molecule has 0 atom stereocenters. The minimum atomic E-state index is -6.44. The molecule has 12 heteroatoms. The summed E-state index contributed by atoms with van der Waals surface area (Å²) in [4.78, 5) is 0. The van der Waals surface area contributed by atoms with Crippen LogP contribution in [0.5, 0.6) is 11.5 Å². The van der Waals surface area contributed by atoms with Crippen molar-refractivity contribution in [1.82, 2.24) is 5.43 Å². The van der Waals surface area contributed by atoms with Crippen LogP contribution in [0.2, 0.25) is 0 Å². The van der Waals surface area contributed by atoms with Gasteiger partial charge in [-0.15, -0.1) is 0 Å². The smallest absolute Gasteiger partial charge is 0.462 e. The van der Waals surface area contributed by atoms with Crippen LogP contribution in [-0.4, -0.2) is 37.1 Å². The summed E-state index contributed by atoms with van der Waals surface area (Å²) in [5, 5.41) is 2.80. The van der Waals surface area contributed by atoms with Crippen LogP contribution in [0.4, 0.5) is 30.7 Å². The molecule has 0 aliphatic carbocycles. The van der Waals surface area contributed by atoms with Crippen LogP contribution in [0.3, 0.4) is 0 Å². The van der Waals surface area contributed by atoms with Crippen LogP contribution in [0.1, 0.15) is 26.3 Å². The standard InChI is InChI=1S/C15H16BrF7N2O2/c1-4-26-11-6-9(5-10(16)12(11)27-8(2)3)7-24-25-15(22,23)13(17,18)14(19,20)21/h5-8,25H,4H2,1-3H3/b24-7-. The van der Waals surface area contributed by atoms with E-state index in [1.807, 2.05) is 0 Å². The summed E-state index contributed by atoms with van der Waals surface area (Å²) in [5.74, 6) is -5.79. The second-order valence-corrected chi connectivity index (χ2v) is 6.30. The van der Waals surface area contributed by atoms with Crippen molar-refractivity contribution in [2.45, 2.75) is 45.0 Å². The number of benzene rings is 1. The van der Waals surface area contributed by atoms with Crippen LogP contribution >= 0.6 is 15.9 Å². The van der Waals surface area contributed by atoms with Gasteiger partial charge in [0.2, 0.25) is 0 Å². The van der Waals surface area contributed by atoms with E-state index in [4.69, 9.17) is 9.47 Å². The number of rotatable bonds is 8. The fraction of sp³-hybridized carbons (Fsp3) is 0.533. The Labute approximate surface area is 158 Å². The second-order valence-electron chi connectivity index (χ2n) is 5.45. The van der Waals surface area contributed by atoms with Crippen LogP contribution in [0.15, 0.2) is 21.7 Å². The van der Waals surface area contributed by atoms with E-state index in [9.17, 15) is 30.7 Å². The van der Waals surface area contributed by atoms with Gasteiger partial charge in [0.1, 0.15) is 0 Å². The highest BCUT2D eigenvalue weighted by atomic mass is 79.9. The lowest BCUT2D eigenvalue weighted by Gasteiger charge is -2.27. The lowest BCUT2D eigenvalue weighted by molar-refractivity contribution is -0.361. The van der Waals surface area contributed by atoms with E-state index in [0.29, 0.717) is 21.9 Å². The van der Waals surface area contributed by atoms with Gasteiger partial charge < -0.3 is 9.47 Å². The van der Waals surface area contributed by atoms with Crippen LogP contribution in [-0.2, 0) is 0 Å². The Morgan fingerprint density at radius 1 is 1.15 bits per heavy atom. The first-order chi connectivity index (χ1) is 12.2. The van der Waals surface area contributed by atoms with E-state index in [2.05, 4.69) is 21.0 Å². The molecule has 0 amide bonds. The largest absolute Gasteiger partial charge is 0.490 e. The Morgan fingerprint density at radius 3 is 2.22 bits per heavy atom. The highest BCUT2D eigenvalue weighted by Crippen LogP contribution is 2.45. The van der Waals surface area contributed by atoms with Gasteiger partial charge in [-0.25, -0.2) is 5.43 Å². The normalized spacial score (nSPS) is 13.3. The van der Waals surface area contributed by atoms with Crippen molar-refractivity contribution in [2.75, 3.05) is 6.61 Å². The summed E-state index contributed by atoms with van der Waals surface area (Å²) in [5.41, 5.74) is 0.634. The topological polar surface area (TPSA) is 42.8 Å². The van der Waals surface area contributed by atoms with Gasteiger partial charge in [0.15, 0.2) is 11.5 Å². The maximum atomic E-state index is 13.1. The van der Waals surface area contributed by atoms with Gasteiger partial charge in [-0.1, -0.05) is 0 Å². The third-order valence-corrected chi connectivity index (χ3v) is 3.44. The van der Waals surface area contributed by atoms with Gasteiger partial charge in [-0.3, -0.25) is 0 Å². The van der Waals surface area contributed by atoms with Crippen molar-refractivity contribution in [3.05, 3.63) is 22.2 Å². The predicted octanol–water partition coefficient (Wildman–Crippen LogP) is 5.35. The minimum Gasteiger partial charge on any atom is -0.490 e. The first-order valence-corrected chi connectivity index (χ1v) is 8.27. The average molecular weight is 469 g/mol. The quantitative estimate of drug-likeness (QED) is 0.242. The third-order valence-electron chi connectivity index (χ3n) is 2.85. The molecule has 0 aromatic heterocycles. The van der Waals surface area contributed by atoms with Gasteiger partial charge in [0.05, 0.1) is 23.4 Å². The maximum absolute atomic E-state index is 13.1. The van der Waals surface area contributed by atoms with E-state index in [-0.39, 0.29) is 24.0 Å². The molecule has 4 nitrogen and oxygen atoms in total. The van der Waals surface area contributed by atoms with E-state index in [1.54, 1.807) is 20.8 Å². The third kappa shape index (κ3) is 5.63. The highest BCUT2D eigenvalue weighted by Gasteiger charge is 2.73. The molecule has 27 heavy (non-hydrogen) atoms. The molecule has 1 aromatic carbocycles. The number of hydrogen-bond donors (Lipinski definition) is 1. The minimum absolute atomic E-state index is 0.0834. The summed E-state index contributed by atoms with van der Waals surface area (Å²) in [6.45, 7) is 5.42. The summed E-state index contributed by atoms with van der Waals surface area (Å²) < 4.78 is 99.3. The molecular formula is C15H16BrF7N2O2. The van der Waals surface area contributed by atoms with Crippen LogP contribution in [0, 0.1) is 0 Å². The molecule has 0 saturated carbocycles. The Hall–Kier alpha value is -1.72. The van der Waals surface area contributed by atoms with Gasteiger partial charge >= 0.3 is 18.1 Å². The fourth-order valence-corrected chi connectivity index (χ4v) is 2.26. The molecule has 1 rings (SSSR count). The zero-order valence-corrected chi connectivity index (χ0v) is 15.9.